The topological polar surface area (TPSA) is 75.1 Å². The summed E-state index contributed by atoms with van der Waals surface area (Å²) in [6.45, 7) is 3.25. The normalized spacial score (nSPS) is 11.3. The lowest BCUT2D eigenvalue weighted by Gasteiger charge is -2.17. The third kappa shape index (κ3) is 3.92. The molecule has 0 spiro atoms. The van der Waals surface area contributed by atoms with Crippen molar-refractivity contribution in [1.29, 1.82) is 0 Å². The van der Waals surface area contributed by atoms with E-state index in [2.05, 4.69) is 15.5 Å². The Bertz CT molecular complexity index is 404. The van der Waals surface area contributed by atoms with E-state index in [0.717, 1.165) is 0 Å². The van der Waals surface area contributed by atoms with Crippen molar-refractivity contribution in [3.8, 4) is 0 Å². The molecule has 7 heteroatoms. The van der Waals surface area contributed by atoms with Gasteiger partial charge in [-0.05, 0) is 19.9 Å². The number of halogens is 2. The van der Waals surface area contributed by atoms with Gasteiger partial charge in [-0.3, -0.25) is 4.79 Å². The van der Waals surface area contributed by atoms with Crippen LogP contribution in [0.25, 0.3) is 0 Å². The molecule has 0 bridgehead atoms. The largest absolute Gasteiger partial charge is 0.389 e. The van der Waals surface area contributed by atoms with E-state index in [-0.39, 0.29) is 22.4 Å². The minimum atomic E-state index is -0.994. The quantitative estimate of drug-likeness (QED) is 0.862. The van der Waals surface area contributed by atoms with Gasteiger partial charge in [0.1, 0.15) is 0 Å². The SMILES string of the molecule is CC(C)(O)CNC(=O)c1cc(Cl)nnc1Cl. The lowest BCUT2D eigenvalue weighted by Crippen LogP contribution is -2.38. The second kappa shape index (κ2) is 4.95. The van der Waals surface area contributed by atoms with Crippen molar-refractivity contribution >= 4 is 29.1 Å². The van der Waals surface area contributed by atoms with Gasteiger partial charge < -0.3 is 10.4 Å². The van der Waals surface area contributed by atoms with Gasteiger partial charge in [-0.2, -0.15) is 0 Å². The van der Waals surface area contributed by atoms with E-state index in [0.29, 0.717) is 0 Å². The van der Waals surface area contributed by atoms with E-state index < -0.39 is 11.5 Å². The maximum absolute atomic E-state index is 11.6. The maximum atomic E-state index is 11.6. The highest BCUT2D eigenvalue weighted by Crippen LogP contribution is 2.15. The van der Waals surface area contributed by atoms with Crippen LogP contribution < -0.4 is 5.32 Å². The van der Waals surface area contributed by atoms with Crippen molar-refractivity contribution in [3.63, 3.8) is 0 Å². The van der Waals surface area contributed by atoms with Crippen LogP contribution in [0.3, 0.4) is 0 Å². The molecule has 0 aliphatic rings. The highest BCUT2D eigenvalue weighted by atomic mass is 35.5. The predicted molar refractivity (Wildman–Crippen MR) is 60.7 cm³/mol. The number of nitrogens with zero attached hydrogens (tertiary/aromatic N) is 2. The number of aromatic nitrogens is 2. The molecule has 0 atom stereocenters. The molecule has 0 aliphatic carbocycles. The molecule has 1 aromatic rings. The Kier molecular flexibility index (Phi) is 4.07. The van der Waals surface area contributed by atoms with Crippen LogP contribution in [0, 0.1) is 0 Å². The molecule has 16 heavy (non-hydrogen) atoms. The molecule has 1 heterocycles. The van der Waals surface area contributed by atoms with Gasteiger partial charge >= 0.3 is 0 Å². The van der Waals surface area contributed by atoms with Crippen molar-refractivity contribution < 1.29 is 9.90 Å². The summed E-state index contributed by atoms with van der Waals surface area (Å²) < 4.78 is 0. The summed E-state index contributed by atoms with van der Waals surface area (Å²) in [4.78, 5) is 11.6. The van der Waals surface area contributed by atoms with Crippen LogP contribution in [-0.4, -0.2) is 33.4 Å². The zero-order chi connectivity index (χ0) is 12.3. The number of aliphatic hydroxyl groups is 1. The molecule has 0 fully saturated rings. The zero-order valence-corrected chi connectivity index (χ0v) is 10.3. The fourth-order valence-electron chi connectivity index (χ4n) is 0.904. The van der Waals surface area contributed by atoms with Crippen LogP contribution >= 0.6 is 23.2 Å². The Balaban J connectivity index is 2.77. The van der Waals surface area contributed by atoms with Gasteiger partial charge in [-0.15, -0.1) is 10.2 Å². The molecule has 1 amide bonds. The van der Waals surface area contributed by atoms with Crippen molar-refractivity contribution in [1.82, 2.24) is 15.5 Å². The Morgan fingerprint density at radius 1 is 1.50 bits per heavy atom. The van der Waals surface area contributed by atoms with E-state index in [4.69, 9.17) is 23.2 Å². The van der Waals surface area contributed by atoms with E-state index in [1.807, 2.05) is 0 Å². The molecule has 2 N–H and O–H groups in total. The predicted octanol–water partition coefficient (Wildman–Crippen LogP) is 1.28. The molecule has 0 aliphatic heterocycles. The summed E-state index contributed by atoms with van der Waals surface area (Å²) >= 11 is 11.3. The zero-order valence-electron chi connectivity index (χ0n) is 8.79. The molecule has 1 rings (SSSR count). The number of amides is 1. The second-order valence-corrected chi connectivity index (χ2v) is 4.61. The van der Waals surface area contributed by atoms with Crippen LogP contribution in [0.5, 0.6) is 0 Å². The van der Waals surface area contributed by atoms with Crippen LogP contribution in [0.4, 0.5) is 0 Å². The van der Waals surface area contributed by atoms with Crippen LogP contribution in [0.1, 0.15) is 24.2 Å². The number of nitrogens with one attached hydrogen (secondary N) is 1. The molecule has 0 radical (unpaired) electrons. The van der Waals surface area contributed by atoms with E-state index in [1.165, 1.54) is 6.07 Å². The summed E-state index contributed by atoms with van der Waals surface area (Å²) in [7, 11) is 0. The van der Waals surface area contributed by atoms with Gasteiger partial charge in [-0.1, -0.05) is 23.2 Å². The van der Waals surface area contributed by atoms with E-state index in [9.17, 15) is 9.90 Å². The van der Waals surface area contributed by atoms with E-state index >= 15 is 0 Å². The maximum Gasteiger partial charge on any atom is 0.254 e. The lowest BCUT2D eigenvalue weighted by molar-refractivity contribution is 0.0694. The number of rotatable bonds is 3. The van der Waals surface area contributed by atoms with Crippen LogP contribution in [0.15, 0.2) is 6.07 Å². The van der Waals surface area contributed by atoms with E-state index in [1.54, 1.807) is 13.8 Å². The average molecular weight is 264 g/mol. The number of carbonyl (C=O) groups excluding carboxylic acids is 1. The van der Waals surface area contributed by atoms with Crippen LogP contribution in [-0.2, 0) is 0 Å². The summed E-state index contributed by atoms with van der Waals surface area (Å²) in [6.07, 6.45) is 0. The molecule has 0 saturated heterocycles. The van der Waals surface area contributed by atoms with Gasteiger partial charge in [0.05, 0.1) is 11.2 Å². The summed E-state index contributed by atoms with van der Waals surface area (Å²) in [5.74, 6) is -0.455. The standard InChI is InChI=1S/C9H11Cl2N3O2/c1-9(2,16)4-12-8(15)5-3-6(10)13-14-7(5)11/h3,16H,4H2,1-2H3,(H,12,15). The second-order valence-electron chi connectivity index (χ2n) is 3.87. The number of carbonyl (C=O) groups is 1. The van der Waals surface area contributed by atoms with Crippen molar-refractivity contribution in [2.24, 2.45) is 0 Å². The van der Waals surface area contributed by atoms with Crippen molar-refractivity contribution in [2.45, 2.75) is 19.4 Å². The summed E-state index contributed by atoms with van der Waals surface area (Å²) in [6, 6.07) is 1.32. The molecule has 0 aromatic carbocycles. The minimum Gasteiger partial charge on any atom is -0.389 e. The van der Waals surface area contributed by atoms with Gasteiger partial charge in [0.2, 0.25) is 0 Å². The first kappa shape index (κ1) is 13.2. The summed E-state index contributed by atoms with van der Waals surface area (Å²) in [5.41, 5.74) is -0.863. The number of hydrogen-bond acceptors (Lipinski definition) is 4. The third-order valence-corrected chi connectivity index (χ3v) is 2.11. The van der Waals surface area contributed by atoms with Gasteiger partial charge in [0, 0.05) is 6.54 Å². The summed E-state index contributed by atoms with van der Waals surface area (Å²) in [5, 5.41) is 19.0. The highest BCUT2D eigenvalue weighted by Gasteiger charge is 2.17. The lowest BCUT2D eigenvalue weighted by atomic mass is 10.1. The Labute approximate surface area is 103 Å². The Hall–Kier alpha value is -0.910. The molecule has 1 aromatic heterocycles. The molecular weight excluding hydrogens is 253 g/mol. The van der Waals surface area contributed by atoms with Gasteiger partial charge in [0.15, 0.2) is 10.3 Å². The first-order valence-electron chi connectivity index (χ1n) is 4.49. The smallest absolute Gasteiger partial charge is 0.254 e. The van der Waals surface area contributed by atoms with Gasteiger partial charge in [-0.25, -0.2) is 0 Å². The monoisotopic (exact) mass is 263 g/mol. The number of hydrogen-bond donors (Lipinski definition) is 2. The highest BCUT2D eigenvalue weighted by molar-refractivity contribution is 6.34. The van der Waals surface area contributed by atoms with Crippen molar-refractivity contribution in [3.05, 3.63) is 21.9 Å². The Morgan fingerprint density at radius 2 is 2.12 bits per heavy atom. The molecular formula is C9H11Cl2N3O2. The third-order valence-electron chi connectivity index (χ3n) is 1.65. The molecule has 88 valence electrons. The Morgan fingerprint density at radius 3 is 2.69 bits per heavy atom. The minimum absolute atomic E-state index is 0.0300. The fraction of sp³-hybridized carbons (Fsp3) is 0.444. The van der Waals surface area contributed by atoms with Gasteiger partial charge in [0.25, 0.3) is 5.91 Å². The molecule has 0 saturated carbocycles. The van der Waals surface area contributed by atoms with Crippen LogP contribution in [0.2, 0.25) is 10.3 Å². The first-order chi connectivity index (χ1) is 7.29. The first-order valence-corrected chi connectivity index (χ1v) is 5.24. The molecule has 5 nitrogen and oxygen atoms in total. The molecule has 0 unspecified atom stereocenters. The fourth-order valence-corrected chi connectivity index (χ4v) is 1.23. The average Bonchev–Trinajstić information content (AvgIpc) is 2.17. The van der Waals surface area contributed by atoms with Crippen molar-refractivity contribution in [2.75, 3.05) is 6.54 Å².